The van der Waals surface area contributed by atoms with Crippen molar-refractivity contribution in [2.75, 3.05) is 6.61 Å². The Morgan fingerprint density at radius 3 is 2.28 bits per heavy atom. The summed E-state index contributed by atoms with van der Waals surface area (Å²) in [5.41, 5.74) is 0.912. The van der Waals surface area contributed by atoms with E-state index in [0.717, 1.165) is 5.56 Å². The van der Waals surface area contributed by atoms with Gasteiger partial charge in [-0.15, -0.1) is 4.72 Å². The Bertz CT molecular complexity index is 666. The molecule has 2 aromatic carbocycles. The number of carbonyl (C=O) groups is 2. The predicted molar refractivity (Wildman–Crippen MR) is 92.8 cm³/mol. The van der Waals surface area contributed by atoms with Gasteiger partial charge in [0, 0.05) is 6.42 Å². The second-order valence-corrected chi connectivity index (χ2v) is 6.28. The van der Waals surface area contributed by atoms with Gasteiger partial charge in [-0.2, -0.15) is 0 Å². The van der Waals surface area contributed by atoms with Crippen LogP contribution in [-0.2, 0) is 32.2 Å². The molecule has 7 heteroatoms. The normalized spacial score (nSPS) is 11.4. The summed E-state index contributed by atoms with van der Waals surface area (Å²) in [5.74, 6) is -0.360. The average molecular weight is 361 g/mol. The van der Waals surface area contributed by atoms with Gasteiger partial charge in [0.15, 0.2) is 4.90 Å². The molecule has 1 atom stereocenters. The largest absolute Gasteiger partial charge is 0.588 e. The fourth-order valence-corrected chi connectivity index (χ4v) is 2.63. The molecule has 0 aliphatic rings. The summed E-state index contributed by atoms with van der Waals surface area (Å²) in [6.45, 7) is 0.259. The molecule has 1 unspecified atom stereocenters. The van der Waals surface area contributed by atoms with Crippen LogP contribution in [0.1, 0.15) is 18.4 Å². The van der Waals surface area contributed by atoms with Crippen LogP contribution in [0.2, 0.25) is 0 Å². The fourth-order valence-electron chi connectivity index (χ4n) is 1.90. The summed E-state index contributed by atoms with van der Waals surface area (Å²) >= 11 is -1.67. The van der Waals surface area contributed by atoms with E-state index in [-0.39, 0.29) is 25.6 Å². The topological polar surface area (TPSA) is 87.7 Å². The Kier molecular flexibility index (Phi) is 7.81. The molecule has 0 spiro atoms. The third-order valence-electron chi connectivity index (χ3n) is 3.13. The molecule has 1 N–H and O–H groups in total. The number of nitrogens with one attached hydrogen (secondary N) is 1. The molecule has 0 saturated carbocycles. The van der Waals surface area contributed by atoms with Crippen molar-refractivity contribution >= 4 is 23.4 Å². The summed E-state index contributed by atoms with van der Waals surface area (Å²) in [4.78, 5) is 23.6. The Balaban J connectivity index is 1.57. The van der Waals surface area contributed by atoms with Gasteiger partial charge in [0.05, 0.1) is 6.61 Å². The minimum Gasteiger partial charge on any atom is -0.588 e. The lowest BCUT2D eigenvalue weighted by atomic mass is 10.2. The van der Waals surface area contributed by atoms with Gasteiger partial charge >= 0.3 is 12.1 Å². The highest BCUT2D eigenvalue weighted by atomic mass is 32.2. The summed E-state index contributed by atoms with van der Waals surface area (Å²) in [6, 6.07) is 17.9. The fraction of sp³-hybridized carbons (Fsp3) is 0.222. The predicted octanol–water partition coefficient (Wildman–Crippen LogP) is 2.96. The van der Waals surface area contributed by atoms with Crippen molar-refractivity contribution < 1.29 is 23.6 Å². The lowest BCUT2D eigenvalue weighted by Crippen LogP contribution is -2.31. The highest BCUT2D eigenvalue weighted by Crippen LogP contribution is 2.07. The third kappa shape index (κ3) is 7.28. The van der Waals surface area contributed by atoms with Crippen molar-refractivity contribution in [3.8, 4) is 0 Å². The summed E-state index contributed by atoms with van der Waals surface area (Å²) < 4.78 is 24.1. The van der Waals surface area contributed by atoms with Gasteiger partial charge < -0.3 is 14.0 Å². The minimum atomic E-state index is -1.67. The van der Waals surface area contributed by atoms with E-state index in [2.05, 4.69) is 4.72 Å². The molecule has 0 saturated heterocycles. The summed E-state index contributed by atoms with van der Waals surface area (Å²) in [6.07, 6.45) is -0.319. The Hall–Kier alpha value is -2.51. The molecular formula is C18H19NO5S. The SMILES string of the molecule is O=C(CCCOC(=O)N[S+]([O-])c1ccccc1)OCc1ccccc1. The zero-order valence-electron chi connectivity index (χ0n) is 13.6. The van der Waals surface area contributed by atoms with Gasteiger partial charge in [0.1, 0.15) is 18.0 Å². The zero-order chi connectivity index (χ0) is 17.9. The van der Waals surface area contributed by atoms with E-state index in [0.29, 0.717) is 11.3 Å². The van der Waals surface area contributed by atoms with Crippen LogP contribution in [0.4, 0.5) is 4.79 Å². The van der Waals surface area contributed by atoms with Gasteiger partial charge in [-0.1, -0.05) is 48.5 Å². The van der Waals surface area contributed by atoms with Gasteiger partial charge in [-0.25, -0.2) is 4.79 Å². The van der Waals surface area contributed by atoms with Crippen LogP contribution < -0.4 is 4.72 Å². The van der Waals surface area contributed by atoms with Gasteiger partial charge in [0.25, 0.3) is 0 Å². The first-order valence-electron chi connectivity index (χ1n) is 7.75. The number of rotatable bonds is 8. The molecule has 25 heavy (non-hydrogen) atoms. The van der Waals surface area contributed by atoms with Crippen molar-refractivity contribution in [1.29, 1.82) is 0 Å². The molecule has 1 amide bonds. The standard InChI is InChI=1S/C18H19NO5S/c20-17(24-14-15-8-3-1-4-9-15)12-7-13-23-18(21)19-25(22)16-10-5-2-6-11-16/h1-6,8-11H,7,12-14H2,(H,19,21). The number of hydrogen-bond donors (Lipinski definition) is 1. The zero-order valence-corrected chi connectivity index (χ0v) is 14.4. The molecule has 6 nitrogen and oxygen atoms in total. The quantitative estimate of drug-likeness (QED) is 0.444. The second kappa shape index (κ2) is 10.4. The van der Waals surface area contributed by atoms with Crippen molar-refractivity contribution in [2.24, 2.45) is 0 Å². The van der Waals surface area contributed by atoms with Gasteiger partial charge in [-0.3, -0.25) is 4.79 Å². The Morgan fingerprint density at radius 2 is 1.60 bits per heavy atom. The van der Waals surface area contributed by atoms with Crippen LogP contribution in [0.5, 0.6) is 0 Å². The van der Waals surface area contributed by atoms with Crippen LogP contribution in [-0.4, -0.2) is 23.2 Å². The molecule has 0 fully saturated rings. The van der Waals surface area contributed by atoms with E-state index in [1.807, 2.05) is 30.3 Å². The van der Waals surface area contributed by atoms with Gasteiger partial charge in [-0.05, 0) is 24.1 Å². The molecule has 0 aromatic heterocycles. The number of benzene rings is 2. The van der Waals surface area contributed by atoms with E-state index in [1.54, 1.807) is 30.3 Å². The van der Waals surface area contributed by atoms with Crippen LogP contribution >= 0.6 is 0 Å². The van der Waals surface area contributed by atoms with Crippen LogP contribution in [0.15, 0.2) is 65.6 Å². The van der Waals surface area contributed by atoms with Crippen LogP contribution in [0, 0.1) is 0 Å². The molecular weight excluding hydrogens is 342 g/mol. The maximum atomic E-state index is 11.8. The molecule has 0 aliphatic heterocycles. The summed E-state index contributed by atoms with van der Waals surface area (Å²) in [7, 11) is 0. The molecule has 0 radical (unpaired) electrons. The molecule has 0 heterocycles. The van der Waals surface area contributed by atoms with Crippen molar-refractivity contribution in [2.45, 2.75) is 24.3 Å². The molecule has 132 valence electrons. The molecule has 0 aliphatic carbocycles. The summed E-state index contributed by atoms with van der Waals surface area (Å²) in [5, 5.41) is 0. The maximum absolute atomic E-state index is 11.8. The highest BCUT2D eigenvalue weighted by Gasteiger charge is 2.16. The van der Waals surface area contributed by atoms with E-state index < -0.39 is 17.5 Å². The number of ether oxygens (including phenoxy) is 2. The van der Waals surface area contributed by atoms with E-state index in [9.17, 15) is 14.1 Å². The second-order valence-electron chi connectivity index (χ2n) is 5.07. The first kappa shape index (κ1) is 18.8. The van der Waals surface area contributed by atoms with E-state index >= 15 is 0 Å². The third-order valence-corrected chi connectivity index (χ3v) is 4.19. The molecule has 0 bridgehead atoms. The lowest BCUT2D eigenvalue weighted by Gasteiger charge is -2.10. The monoisotopic (exact) mass is 361 g/mol. The van der Waals surface area contributed by atoms with E-state index in [1.165, 1.54) is 0 Å². The average Bonchev–Trinajstić information content (AvgIpc) is 2.65. The smallest absolute Gasteiger partial charge is 0.449 e. The van der Waals surface area contributed by atoms with Gasteiger partial charge in [0.2, 0.25) is 0 Å². The number of hydrogen-bond acceptors (Lipinski definition) is 5. The molecule has 2 aromatic rings. The van der Waals surface area contributed by atoms with Crippen LogP contribution in [0.3, 0.4) is 0 Å². The maximum Gasteiger partial charge on any atom is 0.449 e. The number of amides is 1. The molecule has 2 rings (SSSR count). The highest BCUT2D eigenvalue weighted by molar-refractivity contribution is 7.90. The first-order valence-corrected chi connectivity index (χ1v) is 8.90. The van der Waals surface area contributed by atoms with Crippen molar-refractivity contribution in [3.63, 3.8) is 0 Å². The lowest BCUT2D eigenvalue weighted by molar-refractivity contribution is -0.145. The van der Waals surface area contributed by atoms with E-state index in [4.69, 9.17) is 9.47 Å². The number of carbonyl (C=O) groups excluding carboxylic acids is 2. The number of esters is 1. The Morgan fingerprint density at radius 1 is 0.960 bits per heavy atom. The van der Waals surface area contributed by atoms with Crippen molar-refractivity contribution in [3.05, 3.63) is 66.2 Å². The first-order chi connectivity index (χ1) is 12.1. The van der Waals surface area contributed by atoms with Crippen molar-refractivity contribution in [1.82, 2.24) is 4.72 Å². The minimum absolute atomic E-state index is 0.0399. The van der Waals surface area contributed by atoms with Crippen LogP contribution in [0.25, 0.3) is 0 Å². The Labute approximate surface area is 149 Å².